The molecule has 0 aromatic heterocycles. The molecule has 3 rings (SSSR count). The van der Waals surface area contributed by atoms with Crippen molar-refractivity contribution in [1.82, 2.24) is 10.4 Å². The van der Waals surface area contributed by atoms with E-state index >= 15 is 0 Å². The second-order valence-electron chi connectivity index (χ2n) is 6.65. The largest absolute Gasteiger partial charge is 0.325 e. The van der Waals surface area contributed by atoms with E-state index in [1.807, 2.05) is 12.1 Å². The van der Waals surface area contributed by atoms with Gasteiger partial charge in [-0.15, -0.1) is 12.6 Å². The van der Waals surface area contributed by atoms with Crippen molar-refractivity contribution in [3.8, 4) is 0 Å². The third kappa shape index (κ3) is 5.02. The van der Waals surface area contributed by atoms with Gasteiger partial charge >= 0.3 is 0 Å². The molecular formula is C21H20F3N3OS. The summed E-state index contributed by atoms with van der Waals surface area (Å²) >= 11 is 4.03. The highest BCUT2D eigenvalue weighted by atomic mass is 32.1. The summed E-state index contributed by atoms with van der Waals surface area (Å²) in [6.45, 7) is 3.65. The maximum Gasteiger partial charge on any atom is 0.261 e. The molecule has 2 N–H and O–H groups in total. The average molecular weight is 419 g/mol. The molecule has 1 aliphatic rings. The first kappa shape index (κ1) is 21.0. The number of hydrazine groups is 1. The van der Waals surface area contributed by atoms with Gasteiger partial charge in [-0.2, -0.15) is 0 Å². The summed E-state index contributed by atoms with van der Waals surface area (Å²) in [4.78, 5) is 12.2. The van der Waals surface area contributed by atoms with Crippen LogP contribution < -0.4 is 10.7 Å². The van der Waals surface area contributed by atoms with Crippen molar-refractivity contribution in [2.75, 3.05) is 18.4 Å². The monoisotopic (exact) mass is 419 g/mol. The third-order valence-electron chi connectivity index (χ3n) is 4.68. The molecule has 0 saturated carbocycles. The molecule has 2 aromatic rings. The number of carbonyl (C=O) groups excluding carboxylic acids is 1. The maximum absolute atomic E-state index is 13.8. The third-order valence-corrected chi connectivity index (χ3v) is 4.83. The van der Waals surface area contributed by atoms with Gasteiger partial charge in [0.1, 0.15) is 23.0 Å². The molecular weight excluding hydrogens is 399 g/mol. The van der Waals surface area contributed by atoms with Gasteiger partial charge in [-0.1, -0.05) is 17.7 Å². The zero-order valence-corrected chi connectivity index (χ0v) is 16.6. The topological polar surface area (TPSA) is 44.4 Å². The molecule has 29 heavy (non-hydrogen) atoms. The van der Waals surface area contributed by atoms with E-state index in [0.717, 1.165) is 24.1 Å². The van der Waals surface area contributed by atoms with Crippen LogP contribution >= 0.6 is 12.6 Å². The fraction of sp³-hybridized carbons (Fsp3) is 0.190. The molecule has 0 unspecified atom stereocenters. The maximum atomic E-state index is 13.8. The van der Waals surface area contributed by atoms with Crippen molar-refractivity contribution in [3.63, 3.8) is 0 Å². The number of nitrogens with zero attached hydrogens (tertiary/aromatic N) is 1. The highest BCUT2D eigenvalue weighted by Crippen LogP contribution is 2.27. The van der Waals surface area contributed by atoms with Crippen LogP contribution in [0.15, 0.2) is 53.6 Å². The fourth-order valence-electron chi connectivity index (χ4n) is 3.15. The lowest BCUT2D eigenvalue weighted by Crippen LogP contribution is -2.39. The Morgan fingerprint density at radius 3 is 2.41 bits per heavy atom. The van der Waals surface area contributed by atoms with Crippen LogP contribution in [0.3, 0.4) is 0 Å². The molecule has 0 atom stereocenters. The lowest BCUT2D eigenvalue weighted by molar-refractivity contribution is 0.101. The summed E-state index contributed by atoms with van der Waals surface area (Å²) in [7, 11) is 0. The van der Waals surface area contributed by atoms with Gasteiger partial charge in [0.05, 0.1) is 0 Å². The number of amides is 1. The molecule has 1 aliphatic heterocycles. The minimum Gasteiger partial charge on any atom is -0.325 e. The van der Waals surface area contributed by atoms with Gasteiger partial charge in [-0.25, -0.2) is 18.2 Å². The number of halogens is 3. The number of benzene rings is 2. The summed E-state index contributed by atoms with van der Waals surface area (Å²) in [5, 5.41) is 6.12. The van der Waals surface area contributed by atoms with Crippen molar-refractivity contribution in [1.29, 1.82) is 0 Å². The van der Waals surface area contributed by atoms with E-state index in [1.54, 1.807) is 23.7 Å². The van der Waals surface area contributed by atoms with E-state index in [1.165, 1.54) is 5.57 Å². The molecule has 1 heterocycles. The van der Waals surface area contributed by atoms with Gasteiger partial charge in [0.15, 0.2) is 0 Å². The van der Waals surface area contributed by atoms with Crippen LogP contribution in [-0.2, 0) is 0 Å². The van der Waals surface area contributed by atoms with Crippen molar-refractivity contribution in [3.05, 3.63) is 82.2 Å². The van der Waals surface area contributed by atoms with Gasteiger partial charge < -0.3 is 10.7 Å². The molecule has 0 saturated heterocycles. The molecule has 1 amide bonds. The minimum atomic E-state index is -1.25. The van der Waals surface area contributed by atoms with E-state index < -0.39 is 28.9 Å². The SMILES string of the molecule is CC1=C(c2ccc(NC(=O)c3c(F)cc(F)cc3F)cc2)CN(N/C=C\S)CC1. The van der Waals surface area contributed by atoms with Crippen LogP contribution in [0.1, 0.15) is 29.3 Å². The van der Waals surface area contributed by atoms with E-state index in [0.29, 0.717) is 24.4 Å². The minimum absolute atomic E-state index is 0.379. The second-order valence-corrected chi connectivity index (χ2v) is 6.95. The van der Waals surface area contributed by atoms with Crippen LogP contribution in [0.25, 0.3) is 5.57 Å². The van der Waals surface area contributed by atoms with Crippen molar-refractivity contribution < 1.29 is 18.0 Å². The number of carbonyl (C=O) groups is 1. The number of rotatable bonds is 5. The van der Waals surface area contributed by atoms with Gasteiger partial charge in [0.25, 0.3) is 5.91 Å². The van der Waals surface area contributed by atoms with Gasteiger partial charge in [-0.05, 0) is 42.0 Å². The molecule has 0 radical (unpaired) electrons. The number of hydrogen-bond acceptors (Lipinski definition) is 4. The quantitative estimate of drug-likeness (QED) is 0.614. The predicted molar refractivity (Wildman–Crippen MR) is 111 cm³/mol. The van der Waals surface area contributed by atoms with Gasteiger partial charge in [0.2, 0.25) is 0 Å². The lowest BCUT2D eigenvalue weighted by atomic mass is 9.95. The molecule has 2 aromatic carbocycles. The number of nitrogens with one attached hydrogen (secondary N) is 2. The zero-order chi connectivity index (χ0) is 21.0. The Balaban J connectivity index is 1.74. The summed E-state index contributed by atoms with van der Waals surface area (Å²) in [6.07, 6.45) is 2.65. The lowest BCUT2D eigenvalue weighted by Gasteiger charge is -2.30. The number of hydrogen-bond donors (Lipinski definition) is 3. The van der Waals surface area contributed by atoms with E-state index in [2.05, 4.69) is 35.3 Å². The summed E-state index contributed by atoms with van der Waals surface area (Å²) in [5.74, 6) is -4.55. The normalized spacial score (nSPS) is 15.1. The van der Waals surface area contributed by atoms with Crippen LogP contribution in [0.5, 0.6) is 0 Å². The second kappa shape index (κ2) is 9.19. The number of anilines is 1. The van der Waals surface area contributed by atoms with Crippen LogP contribution in [0.2, 0.25) is 0 Å². The Hall–Kier alpha value is -2.71. The first-order valence-electron chi connectivity index (χ1n) is 8.94. The van der Waals surface area contributed by atoms with E-state index in [-0.39, 0.29) is 0 Å². The Kier molecular flexibility index (Phi) is 6.66. The molecule has 0 spiro atoms. The average Bonchev–Trinajstić information content (AvgIpc) is 2.67. The molecule has 0 fully saturated rings. The Morgan fingerprint density at radius 2 is 1.79 bits per heavy atom. The molecule has 8 heteroatoms. The highest BCUT2D eigenvalue weighted by Gasteiger charge is 2.20. The Labute approximate surface area is 172 Å². The van der Waals surface area contributed by atoms with Gasteiger partial charge in [-0.3, -0.25) is 4.79 Å². The van der Waals surface area contributed by atoms with Crippen LogP contribution in [-0.4, -0.2) is 24.0 Å². The van der Waals surface area contributed by atoms with Crippen LogP contribution in [0, 0.1) is 17.5 Å². The zero-order valence-electron chi connectivity index (χ0n) is 15.7. The van der Waals surface area contributed by atoms with Crippen molar-refractivity contribution in [2.24, 2.45) is 0 Å². The Bertz CT molecular complexity index is 951. The first-order valence-corrected chi connectivity index (χ1v) is 9.46. The first-order chi connectivity index (χ1) is 13.9. The van der Waals surface area contributed by atoms with Gasteiger partial charge in [0, 0.05) is 37.1 Å². The molecule has 4 nitrogen and oxygen atoms in total. The standard InChI is InChI=1S/C21H20F3N3OS/c1-13-6-8-27(25-7-9-29)12-17(13)14-2-4-16(5-3-14)26-21(28)20-18(23)10-15(22)11-19(20)24/h2-5,7,9-11,25,29H,6,8,12H2,1H3,(H,26,28)/b9-7-. The van der Waals surface area contributed by atoms with E-state index in [9.17, 15) is 18.0 Å². The molecule has 0 bridgehead atoms. The van der Waals surface area contributed by atoms with Crippen LogP contribution in [0.4, 0.5) is 18.9 Å². The Morgan fingerprint density at radius 1 is 1.14 bits per heavy atom. The predicted octanol–water partition coefficient (Wildman–Crippen LogP) is 4.74. The fourth-order valence-corrected chi connectivity index (χ4v) is 3.22. The molecule has 0 aliphatic carbocycles. The summed E-state index contributed by atoms with van der Waals surface area (Å²) < 4.78 is 40.6. The summed E-state index contributed by atoms with van der Waals surface area (Å²) in [5.41, 5.74) is 6.12. The highest BCUT2D eigenvalue weighted by molar-refractivity contribution is 7.83. The summed E-state index contributed by atoms with van der Waals surface area (Å²) in [6, 6.07) is 7.94. The van der Waals surface area contributed by atoms with Crippen molar-refractivity contribution >= 4 is 29.8 Å². The van der Waals surface area contributed by atoms with E-state index in [4.69, 9.17) is 0 Å². The smallest absolute Gasteiger partial charge is 0.261 e. The molecule has 152 valence electrons. The van der Waals surface area contributed by atoms with Crippen molar-refractivity contribution in [2.45, 2.75) is 13.3 Å². The number of thiol groups is 1.